The van der Waals surface area contributed by atoms with Crippen molar-refractivity contribution in [3.05, 3.63) is 75.6 Å². The van der Waals surface area contributed by atoms with Crippen LogP contribution in [0.25, 0.3) is 27.7 Å². The molecule has 3 heterocycles. The standard InChI is InChI=1S/C27H25BrClN7O3/c1-14(16-13-17(29)19-21(33-34-22(19)28)18(16)15-9-6-5-7-10-15)31-25(37)20-23(32-26(38)39-27(2,3)4)35-36-12-8-11-30-24(20)36/h5-14H,1-4H3,(H,31,37)(H,33,34)(H,32,35,38). The van der Waals surface area contributed by atoms with Gasteiger partial charge < -0.3 is 10.1 Å². The highest BCUT2D eigenvalue weighted by Gasteiger charge is 2.27. The zero-order valence-electron chi connectivity index (χ0n) is 21.5. The van der Waals surface area contributed by atoms with Crippen LogP contribution in [0.3, 0.4) is 0 Å². The van der Waals surface area contributed by atoms with Gasteiger partial charge in [-0.25, -0.2) is 14.3 Å². The van der Waals surface area contributed by atoms with E-state index in [9.17, 15) is 9.59 Å². The molecule has 0 aliphatic rings. The van der Waals surface area contributed by atoms with E-state index in [4.69, 9.17) is 16.3 Å². The molecule has 5 rings (SSSR count). The third-order valence-corrected chi connectivity index (χ3v) is 6.76. The Morgan fingerprint density at radius 2 is 1.92 bits per heavy atom. The molecule has 12 heteroatoms. The van der Waals surface area contributed by atoms with Crippen molar-refractivity contribution in [2.24, 2.45) is 0 Å². The summed E-state index contributed by atoms with van der Waals surface area (Å²) < 4.78 is 7.45. The molecular weight excluding hydrogens is 586 g/mol. The largest absolute Gasteiger partial charge is 0.444 e. The van der Waals surface area contributed by atoms with Crippen LogP contribution in [0.5, 0.6) is 0 Å². The van der Waals surface area contributed by atoms with Gasteiger partial charge in [0, 0.05) is 18.0 Å². The SMILES string of the molecule is CC(NC(=O)c1c(NC(=O)OC(C)(C)C)nn2cccnc12)c1cc(Cl)c2c(Br)[nH]nc2c1-c1ccccc1. The molecule has 5 aromatic rings. The van der Waals surface area contributed by atoms with Gasteiger partial charge >= 0.3 is 6.09 Å². The number of aromatic amines is 1. The zero-order valence-corrected chi connectivity index (χ0v) is 23.9. The van der Waals surface area contributed by atoms with Crippen molar-refractivity contribution in [1.29, 1.82) is 0 Å². The molecule has 3 N–H and O–H groups in total. The summed E-state index contributed by atoms with van der Waals surface area (Å²) in [4.78, 5) is 30.6. The second-order valence-electron chi connectivity index (χ2n) is 9.88. The van der Waals surface area contributed by atoms with E-state index in [1.807, 2.05) is 43.3 Å². The number of nitrogens with zero attached hydrogens (tertiary/aromatic N) is 4. The van der Waals surface area contributed by atoms with E-state index < -0.39 is 23.6 Å². The van der Waals surface area contributed by atoms with E-state index in [1.54, 1.807) is 39.2 Å². The second-order valence-corrected chi connectivity index (χ2v) is 11.1. The highest BCUT2D eigenvalue weighted by molar-refractivity contribution is 9.10. The lowest BCUT2D eigenvalue weighted by Gasteiger charge is -2.20. The fourth-order valence-electron chi connectivity index (χ4n) is 4.32. The van der Waals surface area contributed by atoms with Crippen molar-refractivity contribution >= 4 is 61.9 Å². The first-order valence-electron chi connectivity index (χ1n) is 12.1. The smallest absolute Gasteiger partial charge is 0.413 e. The molecule has 1 unspecified atom stereocenters. The van der Waals surface area contributed by atoms with E-state index in [-0.39, 0.29) is 17.0 Å². The first-order valence-corrected chi connectivity index (χ1v) is 13.3. The Labute approximate surface area is 237 Å². The molecule has 10 nitrogen and oxygen atoms in total. The molecule has 0 saturated heterocycles. The summed E-state index contributed by atoms with van der Waals surface area (Å²) in [7, 11) is 0. The first-order chi connectivity index (χ1) is 18.5. The molecule has 0 bridgehead atoms. The van der Waals surface area contributed by atoms with Crippen LogP contribution in [-0.4, -0.2) is 42.4 Å². The molecule has 2 amide bonds. The minimum atomic E-state index is -0.735. The van der Waals surface area contributed by atoms with Crippen LogP contribution < -0.4 is 10.6 Å². The number of carbonyl (C=O) groups excluding carboxylic acids is 2. The Bertz CT molecular complexity index is 1710. The molecule has 0 spiro atoms. The summed E-state index contributed by atoms with van der Waals surface area (Å²) in [5.74, 6) is -0.457. The molecule has 3 aromatic heterocycles. The molecule has 0 radical (unpaired) electrons. The number of fused-ring (bicyclic) bond motifs is 2. The summed E-state index contributed by atoms with van der Waals surface area (Å²) in [6.07, 6.45) is 2.45. The van der Waals surface area contributed by atoms with E-state index in [2.05, 4.69) is 46.8 Å². The van der Waals surface area contributed by atoms with Gasteiger partial charge in [0.15, 0.2) is 11.5 Å². The fourth-order valence-corrected chi connectivity index (χ4v) is 5.22. The molecule has 200 valence electrons. The van der Waals surface area contributed by atoms with Crippen LogP contribution in [0.2, 0.25) is 5.02 Å². The number of H-pyrrole nitrogens is 1. The number of nitrogens with one attached hydrogen (secondary N) is 3. The summed E-state index contributed by atoms with van der Waals surface area (Å²) >= 11 is 10.2. The molecule has 0 saturated carbocycles. The van der Waals surface area contributed by atoms with Gasteiger partial charge in [0.1, 0.15) is 21.3 Å². The Morgan fingerprint density at radius 1 is 1.18 bits per heavy atom. The normalized spacial score (nSPS) is 12.5. The number of ether oxygens (including phenoxy) is 1. The summed E-state index contributed by atoms with van der Waals surface area (Å²) in [6, 6.07) is 12.7. The van der Waals surface area contributed by atoms with Crippen LogP contribution in [0.4, 0.5) is 10.6 Å². The molecule has 0 aliphatic carbocycles. The van der Waals surface area contributed by atoms with E-state index in [1.165, 1.54) is 4.52 Å². The number of aromatic nitrogens is 5. The van der Waals surface area contributed by atoms with Gasteiger partial charge in [0.2, 0.25) is 0 Å². The van der Waals surface area contributed by atoms with Crippen LogP contribution in [-0.2, 0) is 4.74 Å². The number of amides is 2. The van der Waals surface area contributed by atoms with Gasteiger partial charge in [-0.1, -0.05) is 41.9 Å². The second kappa shape index (κ2) is 10.3. The molecule has 1 atom stereocenters. The average Bonchev–Trinajstić information content (AvgIpc) is 3.43. The van der Waals surface area contributed by atoms with Crippen molar-refractivity contribution in [2.45, 2.75) is 39.3 Å². The minimum Gasteiger partial charge on any atom is -0.444 e. The number of hydrogen-bond donors (Lipinski definition) is 3. The van der Waals surface area contributed by atoms with Crippen LogP contribution >= 0.6 is 27.5 Å². The number of benzene rings is 2. The highest BCUT2D eigenvalue weighted by atomic mass is 79.9. The topological polar surface area (TPSA) is 126 Å². The Kier molecular flexibility index (Phi) is 7.04. The molecule has 0 aliphatic heterocycles. The van der Waals surface area contributed by atoms with E-state index >= 15 is 0 Å². The minimum absolute atomic E-state index is 0.0284. The maximum absolute atomic E-state index is 13.7. The molecule has 2 aromatic carbocycles. The van der Waals surface area contributed by atoms with Crippen LogP contribution in [0, 0.1) is 0 Å². The maximum atomic E-state index is 13.7. The van der Waals surface area contributed by atoms with Gasteiger partial charge in [-0.15, -0.1) is 5.10 Å². The summed E-state index contributed by atoms with van der Waals surface area (Å²) in [5, 5.41) is 18.6. The first kappa shape index (κ1) is 26.6. The lowest BCUT2D eigenvalue weighted by molar-refractivity contribution is 0.0635. The average molecular weight is 611 g/mol. The van der Waals surface area contributed by atoms with Gasteiger partial charge in [-0.2, -0.15) is 5.10 Å². The quantitative estimate of drug-likeness (QED) is 0.208. The fraction of sp³-hybridized carbons (Fsp3) is 0.222. The summed E-state index contributed by atoms with van der Waals surface area (Å²) in [5.41, 5.74) is 2.82. The highest BCUT2D eigenvalue weighted by Crippen LogP contribution is 2.40. The number of halogens is 2. The number of hydrogen-bond acceptors (Lipinski definition) is 6. The van der Waals surface area contributed by atoms with Gasteiger partial charge in [-0.3, -0.25) is 15.2 Å². The van der Waals surface area contributed by atoms with Crippen LogP contribution in [0.15, 0.2) is 59.5 Å². The third kappa shape index (κ3) is 5.32. The summed E-state index contributed by atoms with van der Waals surface area (Å²) in [6.45, 7) is 7.09. The monoisotopic (exact) mass is 609 g/mol. The lowest BCUT2D eigenvalue weighted by Crippen LogP contribution is -2.30. The third-order valence-electron chi connectivity index (χ3n) is 5.89. The van der Waals surface area contributed by atoms with Crippen molar-refractivity contribution in [3.63, 3.8) is 0 Å². The van der Waals surface area contributed by atoms with E-state index in [0.717, 1.165) is 22.1 Å². The van der Waals surface area contributed by atoms with Crippen molar-refractivity contribution in [2.75, 3.05) is 5.32 Å². The number of anilines is 1. The molecular formula is C27H25BrClN7O3. The Morgan fingerprint density at radius 3 is 2.64 bits per heavy atom. The lowest BCUT2D eigenvalue weighted by atomic mass is 9.93. The predicted octanol–water partition coefficient (Wildman–Crippen LogP) is 6.53. The predicted molar refractivity (Wildman–Crippen MR) is 153 cm³/mol. The number of carbonyl (C=O) groups is 2. The van der Waals surface area contributed by atoms with E-state index in [0.29, 0.717) is 15.1 Å². The van der Waals surface area contributed by atoms with Gasteiger partial charge in [0.05, 0.1) is 16.5 Å². The van der Waals surface area contributed by atoms with Crippen molar-refractivity contribution in [1.82, 2.24) is 30.1 Å². The van der Waals surface area contributed by atoms with Crippen molar-refractivity contribution < 1.29 is 14.3 Å². The Balaban J connectivity index is 1.55. The van der Waals surface area contributed by atoms with Gasteiger partial charge in [0.25, 0.3) is 5.91 Å². The van der Waals surface area contributed by atoms with Crippen molar-refractivity contribution in [3.8, 4) is 11.1 Å². The number of rotatable bonds is 5. The maximum Gasteiger partial charge on any atom is 0.413 e. The van der Waals surface area contributed by atoms with Gasteiger partial charge in [-0.05, 0) is 66.9 Å². The molecule has 0 fully saturated rings. The Hall–Kier alpha value is -3.96. The molecule has 39 heavy (non-hydrogen) atoms. The zero-order chi connectivity index (χ0) is 27.9. The van der Waals surface area contributed by atoms with Crippen LogP contribution in [0.1, 0.15) is 49.7 Å².